The highest BCUT2D eigenvalue weighted by Gasteiger charge is 2.34. The van der Waals surface area contributed by atoms with E-state index in [0.717, 1.165) is 44.1 Å². The van der Waals surface area contributed by atoms with E-state index in [9.17, 15) is 0 Å². The summed E-state index contributed by atoms with van der Waals surface area (Å²) in [7, 11) is 6.62. The van der Waals surface area contributed by atoms with Crippen molar-refractivity contribution in [3.05, 3.63) is 53.6 Å². The largest absolute Gasteiger partial charge is 0.493 e. The van der Waals surface area contributed by atoms with Crippen LogP contribution in [0.2, 0.25) is 0 Å². The van der Waals surface area contributed by atoms with Gasteiger partial charge in [0, 0.05) is 38.8 Å². The van der Waals surface area contributed by atoms with Crippen molar-refractivity contribution < 1.29 is 18.9 Å². The maximum atomic E-state index is 5.64. The van der Waals surface area contributed by atoms with Crippen molar-refractivity contribution in [2.75, 3.05) is 48.1 Å². The summed E-state index contributed by atoms with van der Waals surface area (Å²) >= 11 is 0. The Morgan fingerprint density at radius 1 is 0.969 bits per heavy atom. The van der Waals surface area contributed by atoms with Gasteiger partial charge in [0.1, 0.15) is 0 Å². The van der Waals surface area contributed by atoms with Crippen LogP contribution in [0.1, 0.15) is 24.0 Å². The first-order chi connectivity index (χ1) is 15.2. The van der Waals surface area contributed by atoms with Gasteiger partial charge in [0.05, 0.1) is 21.3 Å². The molecule has 1 fully saturated rings. The zero-order valence-corrected chi connectivity index (χ0v) is 21.6. The Bertz CT molecular complexity index is 846. The van der Waals surface area contributed by atoms with Crippen LogP contribution in [0.5, 0.6) is 17.2 Å². The van der Waals surface area contributed by atoms with Crippen LogP contribution in [-0.2, 0) is 16.7 Å². The molecule has 0 unspecified atom stereocenters. The smallest absolute Gasteiger partial charge is 0.203 e. The Hall–Kier alpha value is -2.20. The summed E-state index contributed by atoms with van der Waals surface area (Å²) in [4.78, 5) is 4.41. The van der Waals surface area contributed by atoms with Gasteiger partial charge >= 0.3 is 0 Å². The highest BCUT2D eigenvalue weighted by atomic mass is 127. The first-order valence-corrected chi connectivity index (χ1v) is 10.5. The van der Waals surface area contributed by atoms with E-state index in [0.29, 0.717) is 23.8 Å². The third kappa shape index (κ3) is 6.19. The molecule has 1 heterocycles. The van der Waals surface area contributed by atoms with Gasteiger partial charge in [0.2, 0.25) is 5.75 Å². The first-order valence-electron chi connectivity index (χ1n) is 10.5. The Balaban J connectivity index is 0.00000363. The SMILES string of the molecule is CN=C(NCc1cc(OC)c(OC)c(OC)c1)NCC1(c2ccccc2)CCOCC1.I. The van der Waals surface area contributed by atoms with Gasteiger partial charge in [-0.25, -0.2) is 0 Å². The molecule has 0 bridgehead atoms. The molecule has 0 amide bonds. The Morgan fingerprint density at radius 2 is 1.59 bits per heavy atom. The summed E-state index contributed by atoms with van der Waals surface area (Å²) in [5, 5.41) is 6.91. The molecular formula is C24H34IN3O4. The monoisotopic (exact) mass is 555 g/mol. The molecule has 0 radical (unpaired) electrons. The number of nitrogens with one attached hydrogen (secondary N) is 2. The van der Waals surface area contributed by atoms with Crippen LogP contribution in [0.4, 0.5) is 0 Å². The van der Waals surface area contributed by atoms with Crippen LogP contribution in [0, 0.1) is 0 Å². The molecule has 2 aromatic rings. The number of hydrogen-bond acceptors (Lipinski definition) is 5. The van der Waals surface area contributed by atoms with E-state index < -0.39 is 0 Å². The lowest BCUT2D eigenvalue weighted by atomic mass is 9.74. The molecular weight excluding hydrogens is 521 g/mol. The third-order valence-electron chi connectivity index (χ3n) is 5.84. The molecule has 0 spiro atoms. The molecule has 0 atom stereocenters. The van der Waals surface area contributed by atoms with Crippen molar-refractivity contribution >= 4 is 29.9 Å². The Kier molecular flexibility index (Phi) is 10.4. The number of aliphatic imine (C=N–C) groups is 1. The van der Waals surface area contributed by atoms with Crippen LogP contribution in [0.25, 0.3) is 0 Å². The fourth-order valence-corrected chi connectivity index (χ4v) is 4.02. The standard InChI is InChI=1S/C24H33N3O4.HI/c1-25-23(26-16-18-14-20(28-2)22(30-4)21(15-18)29-3)27-17-24(10-12-31-13-11-24)19-8-6-5-7-9-19;/h5-9,14-15H,10-13,16-17H2,1-4H3,(H2,25,26,27);1H. The number of guanidine groups is 1. The normalized spacial score (nSPS) is 15.3. The molecule has 1 aliphatic heterocycles. The van der Waals surface area contributed by atoms with E-state index in [1.807, 2.05) is 12.1 Å². The van der Waals surface area contributed by atoms with Gasteiger partial charge in [-0.3, -0.25) is 4.99 Å². The zero-order chi connectivity index (χ0) is 22.1. The number of halogens is 1. The molecule has 32 heavy (non-hydrogen) atoms. The summed E-state index contributed by atoms with van der Waals surface area (Å²) in [6.45, 7) is 2.90. The zero-order valence-electron chi connectivity index (χ0n) is 19.3. The summed E-state index contributed by atoms with van der Waals surface area (Å²) in [5.41, 5.74) is 2.37. The number of nitrogens with zero attached hydrogens (tertiary/aromatic N) is 1. The van der Waals surface area contributed by atoms with Crippen molar-refractivity contribution in [2.24, 2.45) is 4.99 Å². The molecule has 3 rings (SSSR count). The predicted octanol–water partition coefficient (Wildman–Crippen LogP) is 3.74. The fourth-order valence-electron chi connectivity index (χ4n) is 4.02. The lowest BCUT2D eigenvalue weighted by Crippen LogP contribution is -2.47. The molecule has 1 aliphatic rings. The van der Waals surface area contributed by atoms with E-state index in [1.165, 1.54) is 5.56 Å². The van der Waals surface area contributed by atoms with Crippen LogP contribution < -0.4 is 24.8 Å². The third-order valence-corrected chi connectivity index (χ3v) is 5.84. The average molecular weight is 555 g/mol. The number of hydrogen-bond donors (Lipinski definition) is 2. The summed E-state index contributed by atoms with van der Waals surface area (Å²) in [5.74, 6) is 2.59. The van der Waals surface area contributed by atoms with Crippen molar-refractivity contribution in [1.29, 1.82) is 0 Å². The Labute approximate surface area is 207 Å². The molecule has 7 nitrogen and oxygen atoms in total. The predicted molar refractivity (Wildman–Crippen MR) is 138 cm³/mol. The topological polar surface area (TPSA) is 73.3 Å². The molecule has 0 saturated carbocycles. The second-order valence-electron chi connectivity index (χ2n) is 7.57. The number of methoxy groups -OCH3 is 3. The van der Waals surface area contributed by atoms with Gasteiger partial charge in [-0.1, -0.05) is 30.3 Å². The van der Waals surface area contributed by atoms with Crippen LogP contribution >= 0.6 is 24.0 Å². The van der Waals surface area contributed by atoms with Gasteiger partial charge in [0.25, 0.3) is 0 Å². The van der Waals surface area contributed by atoms with Gasteiger partial charge < -0.3 is 29.6 Å². The molecule has 2 aromatic carbocycles. The van der Waals surface area contributed by atoms with Gasteiger partial charge in [-0.05, 0) is 36.1 Å². The number of benzene rings is 2. The maximum Gasteiger partial charge on any atom is 0.203 e. The summed E-state index contributed by atoms with van der Waals surface area (Å²) in [6, 6.07) is 14.5. The minimum absolute atomic E-state index is 0. The van der Waals surface area contributed by atoms with E-state index >= 15 is 0 Å². The minimum atomic E-state index is 0. The fraction of sp³-hybridized carbons (Fsp3) is 0.458. The average Bonchev–Trinajstić information content (AvgIpc) is 2.84. The van der Waals surface area contributed by atoms with Gasteiger partial charge in [0.15, 0.2) is 17.5 Å². The summed E-state index contributed by atoms with van der Waals surface area (Å²) in [6.07, 6.45) is 1.96. The molecule has 2 N–H and O–H groups in total. The van der Waals surface area contributed by atoms with Crippen molar-refractivity contribution in [2.45, 2.75) is 24.8 Å². The molecule has 176 valence electrons. The van der Waals surface area contributed by atoms with E-state index in [4.69, 9.17) is 18.9 Å². The van der Waals surface area contributed by atoms with Crippen molar-refractivity contribution in [3.63, 3.8) is 0 Å². The minimum Gasteiger partial charge on any atom is -0.493 e. The van der Waals surface area contributed by atoms with Gasteiger partial charge in [-0.15, -0.1) is 24.0 Å². The Morgan fingerprint density at radius 3 is 2.12 bits per heavy atom. The highest BCUT2D eigenvalue weighted by molar-refractivity contribution is 14.0. The maximum absolute atomic E-state index is 5.64. The van der Waals surface area contributed by atoms with Crippen LogP contribution in [-0.4, -0.2) is 54.1 Å². The molecule has 1 saturated heterocycles. The summed E-state index contributed by atoms with van der Waals surface area (Å²) < 4.78 is 21.9. The second kappa shape index (κ2) is 12.7. The lowest BCUT2D eigenvalue weighted by Gasteiger charge is -2.38. The van der Waals surface area contributed by atoms with Crippen molar-refractivity contribution in [1.82, 2.24) is 10.6 Å². The van der Waals surface area contributed by atoms with Crippen molar-refractivity contribution in [3.8, 4) is 17.2 Å². The highest BCUT2D eigenvalue weighted by Crippen LogP contribution is 2.38. The second-order valence-corrected chi connectivity index (χ2v) is 7.57. The van der Waals surface area contributed by atoms with E-state index in [2.05, 4.69) is 46.0 Å². The first kappa shape index (κ1) is 26.1. The van der Waals surface area contributed by atoms with E-state index in [1.54, 1.807) is 28.4 Å². The number of rotatable bonds is 8. The van der Waals surface area contributed by atoms with E-state index in [-0.39, 0.29) is 29.4 Å². The molecule has 0 aromatic heterocycles. The lowest BCUT2D eigenvalue weighted by molar-refractivity contribution is 0.0514. The molecule has 8 heteroatoms. The molecule has 0 aliphatic carbocycles. The van der Waals surface area contributed by atoms with Gasteiger partial charge in [-0.2, -0.15) is 0 Å². The van der Waals surface area contributed by atoms with Crippen LogP contribution in [0.15, 0.2) is 47.5 Å². The number of ether oxygens (including phenoxy) is 4. The quantitative estimate of drug-likeness (QED) is 0.294. The van der Waals surface area contributed by atoms with Crippen LogP contribution in [0.3, 0.4) is 0 Å².